The van der Waals surface area contributed by atoms with Gasteiger partial charge in [-0.05, 0) is 121 Å². The molecule has 14 nitrogen and oxygen atoms in total. The van der Waals surface area contributed by atoms with E-state index in [1.807, 2.05) is 51.1 Å². The monoisotopic (exact) mass is 1200 g/mol. The van der Waals surface area contributed by atoms with Crippen molar-refractivity contribution >= 4 is 52.9 Å². The van der Waals surface area contributed by atoms with Gasteiger partial charge in [-0.25, -0.2) is 14.4 Å². The molecule has 0 saturated carbocycles. The summed E-state index contributed by atoms with van der Waals surface area (Å²) >= 11 is 12.7. The Morgan fingerprint density at radius 3 is 1.21 bits per heavy atom. The fourth-order valence-electron chi connectivity index (χ4n) is 11.5. The molecule has 0 aromatic heterocycles. The molecule has 0 atom stereocenters. The molecule has 452 valence electrons. The van der Waals surface area contributed by atoms with E-state index in [4.69, 9.17) is 27.9 Å². The van der Waals surface area contributed by atoms with E-state index in [-0.39, 0.29) is 50.8 Å². The number of carbonyl (C=O) groups is 3. The first kappa shape index (κ1) is 64.6. The van der Waals surface area contributed by atoms with Crippen LogP contribution in [-0.2, 0) is 27.3 Å². The van der Waals surface area contributed by atoms with Crippen LogP contribution < -0.4 is 15.1 Å². The molecule has 1 N–H and O–H groups in total. The predicted molar refractivity (Wildman–Crippen MR) is 276 cm³/mol. The Morgan fingerprint density at radius 2 is 0.863 bits per heavy atom. The van der Waals surface area contributed by atoms with E-state index in [0.29, 0.717) is 75.0 Å². The highest BCUT2D eigenvalue weighted by Gasteiger charge is 2.62. The number of alkyl halides is 12. The SMILES string of the molecule is C.CC(C)(C)OC(=O)N1CCN(c2cc(Cl)ccc2CN2CCCC23CCN(C(=O)OC(C(F)(F)F)C(F)(F)F)CC3)CC1.O=C(OC(C(F)(F)F)C(F)(F)F)N1CCC2(CCCN2Cc2ccc(Cl)cc2N2CCNCC2)CC1. The summed E-state index contributed by atoms with van der Waals surface area (Å²) in [6.07, 6.45) is -29.7. The fourth-order valence-corrected chi connectivity index (χ4v) is 11.9. The van der Waals surface area contributed by atoms with Crippen LogP contribution in [0.4, 0.5) is 78.4 Å². The summed E-state index contributed by atoms with van der Waals surface area (Å²) < 4.78 is 167. The van der Waals surface area contributed by atoms with E-state index >= 15 is 0 Å². The fraction of sp³-hybridized carbons (Fsp3) is 0.712. The lowest BCUT2D eigenvalue weighted by molar-refractivity contribution is -0.309. The molecule has 0 bridgehead atoms. The normalized spacial score (nSPS) is 20.5. The van der Waals surface area contributed by atoms with Crippen molar-refractivity contribution in [3.8, 4) is 0 Å². The molecule has 3 amide bonds. The van der Waals surface area contributed by atoms with Gasteiger partial charge in [-0.2, -0.15) is 52.7 Å². The molecule has 6 aliphatic heterocycles. The molecule has 8 rings (SSSR count). The topological polar surface area (TPSA) is 114 Å². The van der Waals surface area contributed by atoms with Gasteiger partial charge < -0.3 is 44.0 Å². The number of piperidine rings is 2. The Morgan fingerprint density at radius 1 is 0.512 bits per heavy atom. The van der Waals surface area contributed by atoms with Gasteiger partial charge in [-0.1, -0.05) is 42.8 Å². The smallest absolute Gasteiger partial charge is 0.434 e. The highest BCUT2D eigenvalue weighted by atomic mass is 35.5. The number of rotatable bonds is 8. The predicted octanol–water partition coefficient (Wildman–Crippen LogP) is 11.9. The van der Waals surface area contributed by atoms with Gasteiger partial charge in [0.15, 0.2) is 0 Å². The molecule has 0 aliphatic carbocycles. The molecule has 6 saturated heterocycles. The van der Waals surface area contributed by atoms with Gasteiger partial charge in [0.05, 0.1) is 0 Å². The number of amides is 3. The Labute approximate surface area is 467 Å². The molecule has 28 heteroatoms. The number of ether oxygens (including phenoxy) is 3. The third-order valence-corrected chi connectivity index (χ3v) is 16.0. The van der Waals surface area contributed by atoms with Crippen molar-refractivity contribution in [1.29, 1.82) is 0 Å². The van der Waals surface area contributed by atoms with Gasteiger partial charge in [0.1, 0.15) is 5.60 Å². The summed E-state index contributed by atoms with van der Waals surface area (Å²) in [5, 5.41) is 4.53. The maximum Gasteiger partial charge on any atom is 0.434 e. The molecule has 6 aliphatic rings. The summed E-state index contributed by atoms with van der Waals surface area (Å²) in [6.45, 7) is 13.8. The van der Waals surface area contributed by atoms with Crippen LogP contribution >= 0.6 is 23.2 Å². The second-order valence-corrected chi connectivity index (χ2v) is 22.8. The van der Waals surface area contributed by atoms with E-state index in [9.17, 15) is 67.1 Å². The molecular formula is C52H70Cl2F12N8O6. The molecule has 6 fully saturated rings. The van der Waals surface area contributed by atoms with Crippen LogP contribution in [0.2, 0.25) is 10.0 Å². The summed E-state index contributed by atoms with van der Waals surface area (Å²) in [5.74, 6) is 0. The van der Waals surface area contributed by atoms with Crippen molar-refractivity contribution in [1.82, 2.24) is 29.8 Å². The van der Waals surface area contributed by atoms with Crippen molar-refractivity contribution in [3.63, 3.8) is 0 Å². The number of hydrogen-bond donors (Lipinski definition) is 1. The van der Waals surface area contributed by atoms with Gasteiger partial charge in [-0.3, -0.25) is 9.80 Å². The highest BCUT2D eigenvalue weighted by molar-refractivity contribution is 6.31. The van der Waals surface area contributed by atoms with Crippen molar-refractivity contribution in [2.75, 3.05) is 101 Å². The van der Waals surface area contributed by atoms with Crippen molar-refractivity contribution in [3.05, 3.63) is 57.6 Å². The van der Waals surface area contributed by atoms with Gasteiger partial charge in [0.2, 0.25) is 0 Å². The number of benzene rings is 2. The Balaban J connectivity index is 0.000000259. The van der Waals surface area contributed by atoms with Crippen LogP contribution in [0.3, 0.4) is 0 Å². The van der Waals surface area contributed by atoms with E-state index in [0.717, 1.165) is 97.3 Å². The number of anilines is 2. The maximum absolute atomic E-state index is 12.9. The number of carbonyl (C=O) groups excluding carboxylic acids is 3. The summed E-state index contributed by atoms with van der Waals surface area (Å²) in [6, 6.07) is 11.5. The molecule has 6 heterocycles. The van der Waals surface area contributed by atoms with E-state index < -0.39 is 54.7 Å². The van der Waals surface area contributed by atoms with E-state index in [1.54, 1.807) is 11.0 Å². The van der Waals surface area contributed by atoms with E-state index in [2.05, 4.69) is 34.4 Å². The Bertz CT molecular complexity index is 2390. The number of likely N-dealkylation sites (tertiary alicyclic amines) is 4. The van der Waals surface area contributed by atoms with Crippen molar-refractivity contribution in [2.45, 2.75) is 146 Å². The number of piperazine rings is 2. The third kappa shape index (κ3) is 16.2. The van der Waals surface area contributed by atoms with E-state index in [1.165, 1.54) is 0 Å². The molecule has 0 radical (unpaired) electrons. The van der Waals surface area contributed by atoms with Crippen LogP contribution in [0.15, 0.2) is 36.4 Å². The van der Waals surface area contributed by atoms with Gasteiger partial charge >= 0.3 is 43.0 Å². The van der Waals surface area contributed by atoms with Crippen LogP contribution in [0, 0.1) is 0 Å². The highest BCUT2D eigenvalue weighted by Crippen LogP contribution is 2.44. The van der Waals surface area contributed by atoms with Crippen molar-refractivity contribution < 1.29 is 81.3 Å². The lowest BCUT2D eigenvalue weighted by atomic mass is 9.84. The third-order valence-electron chi connectivity index (χ3n) is 15.6. The van der Waals surface area contributed by atoms with Crippen LogP contribution in [0.5, 0.6) is 0 Å². The second kappa shape index (κ2) is 25.5. The first-order valence-corrected chi connectivity index (χ1v) is 27.0. The number of hydrogen-bond acceptors (Lipinski definition) is 11. The zero-order chi connectivity index (χ0) is 57.9. The van der Waals surface area contributed by atoms with Gasteiger partial charge in [0.25, 0.3) is 12.2 Å². The summed E-state index contributed by atoms with van der Waals surface area (Å²) in [4.78, 5) is 49.6. The van der Waals surface area contributed by atoms with Gasteiger partial charge in [-0.15, -0.1) is 0 Å². The molecular weight excluding hydrogens is 1130 g/mol. The maximum atomic E-state index is 12.9. The molecule has 2 aromatic rings. The standard InChI is InChI=1S/C28H37ClF6N4O4.C23H29ClF6N4O2.CH4/c1-25(2,3)43-24(41)38-15-13-36(14-16-38)21-17-20(29)6-5-19(21)18-39-10-4-7-26(39)8-11-37(12-9-26)23(40)42-22(27(30,31)32)28(33,34)35;24-17-3-2-16(18(14-17)32-12-7-31-8-13-32)15-34-9-1-4-21(34)5-10-33(11-6-21)20(35)36-19(22(25,26)27)23(28,29)30;/h5-6,17,22H,4,7-16,18H2,1-3H3;2-3,14,19,31H,1,4-13,15H2;1H4. The average Bonchev–Trinajstić information content (AvgIpc) is 3.96. The summed E-state index contributed by atoms with van der Waals surface area (Å²) in [7, 11) is 0. The Kier molecular flexibility index (Phi) is 20.6. The zero-order valence-corrected chi connectivity index (χ0v) is 45.5. The molecule has 80 heavy (non-hydrogen) atoms. The quantitative estimate of drug-likeness (QED) is 0.201. The van der Waals surface area contributed by atoms with Crippen LogP contribution in [0.25, 0.3) is 0 Å². The first-order valence-electron chi connectivity index (χ1n) is 26.2. The first-order chi connectivity index (χ1) is 36.8. The number of nitrogens with zero attached hydrogens (tertiary/aromatic N) is 7. The minimum absolute atomic E-state index is 0. The van der Waals surface area contributed by atoms with Gasteiger partial charge in [0, 0.05) is 124 Å². The number of halogens is 14. The molecule has 2 aromatic carbocycles. The lowest BCUT2D eigenvalue weighted by Crippen LogP contribution is -2.55. The Hall–Kier alpha value is -4.53. The largest absolute Gasteiger partial charge is 0.444 e. The lowest BCUT2D eigenvalue weighted by Gasteiger charge is -2.45. The van der Waals surface area contributed by atoms with Crippen LogP contribution in [-0.4, -0.2) is 188 Å². The average molecular weight is 1200 g/mol. The van der Waals surface area contributed by atoms with Crippen LogP contribution in [0.1, 0.15) is 90.7 Å². The molecule has 2 spiro atoms. The minimum atomic E-state index is -5.76. The van der Waals surface area contributed by atoms with Crippen molar-refractivity contribution in [2.24, 2.45) is 0 Å². The summed E-state index contributed by atoms with van der Waals surface area (Å²) in [5.41, 5.74) is 2.91. The zero-order valence-electron chi connectivity index (χ0n) is 44.0. The number of nitrogens with one attached hydrogen (secondary N) is 1. The molecule has 0 unspecified atom stereocenters. The second-order valence-electron chi connectivity index (χ2n) is 21.9. The minimum Gasteiger partial charge on any atom is -0.444 e.